The van der Waals surface area contributed by atoms with Gasteiger partial charge in [0.25, 0.3) is 5.69 Å². The van der Waals surface area contributed by atoms with Crippen LogP contribution < -0.4 is 5.32 Å². The van der Waals surface area contributed by atoms with Gasteiger partial charge in [-0.25, -0.2) is 4.98 Å². The largest absolute Gasteiger partial charge is 0.326 e. The number of carbonyl (C=O) groups is 1. The first-order valence-corrected chi connectivity index (χ1v) is 8.86. The van der Waals surface area contributed by atoms with E-state index in [0.717, 1.165) is 11.3 Å². The van der Waals surface area contributed by atoms with E-state index < -0.39 is 4.92 Å². The zero-order valence-electron chi connectivity index (χ0n) is 14.4. The van der Waals surface area contributed by atoms with Gasteiger partial charge >= 0.3 is 0 Å². The molecule has 26 heavy (non-hydrogen) atoms. The van der Waals surface area contributed by atoms with Crippen molar-refractivity contribution >= 4 is 28.6 Å². The van der Waals surface area contributed by atoms with E-state index in [1.807, 2.05) is 36.6 Å². The van der Waals surface area contributed by atoms with Crippen molar-refractivity contribution in [3.05, 3.63) is 74.1 Å². The third kappa shape index (κ3) is 4.12. The fourth-order valence-corrected chi connectivity index (χ4v) is 3.36. The Morgan fingerprint density at radius 3 is 2.77 bits per heavy atom. The Morgan fingerprint density at radius 2 is 2.04 bits per heavy atom. The molecule has 0 aliphatic rings. The number of nitro benzene ring substituents is 1. The van der Waals surface area contributed by atoms with Crippen LogP contribution in [0.1, 0.15) is 16.1 Å². The molecule has 0 unspecified atom stereocenters. The average Bonchev–Trinajstić information content (AvgIpc) is 3.03. The maximum Gasteiger partial charge on any atom is 0.272 e. The highest BCUT2D eigenvalue weighted by Crippen LogP contribution is 2.28. The van der Waals surface area contributed by atoms with Crippen LogP contribution in [-0.4, -0.2) is 15.8 Å². The second kappa shape index (κ2) is 7.45. The van der Waals surface area contributed by atoms with Crippen molar-refractivity contribution in [1.82, 2.24) is 4.98 Å². The molecule has 1 N–H and O–H groups in total. The number of nitro groups is 1. The molecule has 1 aromatic heterocycles. The molecule has 6 nitrogen and oxygen atoms in total. The van der Waals surface area contributed by atoms with E-state index in [2.05, 4.69) is 10.3 Å². The van der Waals surface area contributed by atoms with Gasteiger partial charge in [0.2, 0.25) is 5.91 Å². The molecular weight excluding hydrogens is 350 g/mol. The molecule has 3 rings (SSSR count). The minimum atomic E-state index is -0.401. The number of benzene rings is 2. The minimum Gasteiger partial charge on any atom is -0.326 e. The minimum absolute atomic E-state index is 0.0641. The zero-order chi connectivity index (χ0) is 18.7. The quantitative estimate of drug-likeness (QED) is 0.531. The van der Waals surface area contributed by atoms with Crippen LogP contribution in [0.4, 0.5) is 11.4 Å². The average molecular weight is 367 g/mol. The van der Waals surface area contributed by atoms with Gasteiger partial charge in [-0.15, -0.1) is 11.3 Å². The van der Waals surface area contributed by atoms with Crippen molar-refractivity contribution in [2.24, 2.45) is 0 Å². The van der Waals surface area contributed by atoms with Crippen LogP contribution in [-0.2, 0) is 11.2 Å². The van der Waals surface area contributed by atoms with Gasteiger partial charge in [0.15, 0.2) is 0 Å². The number of rotatable bonds is 5. The lowest BCUT2D eigenvalue weighted by molar-refractivity contribution is -0.385. The molecule has 0 atom stereocenters. The molecule has 0 saturated carbocycles. The molecule has 2 aromatic carbocycles. The summed E-state index contributed by atoms with van der Waals surface area (Å²) in [5.41, 5.74) is 3.79. The predicted molar refractivity (Wildman–Crippen MR) is 102 cm³/mol. The molecule has 132 valence electrons. The predicted octanol–water partition coefficient (Wildman–Crippen LogP) is 4.52. The lowest BCUT2D eigenvalue weighted by atomic mass is 10.1. The summed E-state index contributed by atoms with van der Waals surface area (Å²) in [5.74, 6) is -0.147. The van der Waals surface area contributed by atoms with E-state index in [4.69, 9.17) is 0 Å². The van der Waals surface area contributed by atoms with Gasteiger partial charge in [-0.3, -0.25) is 14.9 Å². The maximum atomic E-state index is 12.2. The molecule has 0 radical (unpaired) electrons. The Labute approximate surface area is 154 Å². The summed E-state index contributed by atoms with van der Waals surface area (Å²) in [6.07, 6.45) is 0.159. The molecule has 3 aromatic rings. The Hall–Kier alpha value is -3.06. The Morgan fingerprint density at radius 1 is 1.23 bits per heavy atom. The van der Waals surface area contributed by atoms with Crippen LogP contribution in [0.15, 0.2) is 47.8 Å². The van der Waals surface area contributed by atoms with E-state index in [-0.39, 0.29) is 18.0 Å². The van der Waals surface area contributed by atoms with Gasteiger partial charge in [-0.1, -0.05) is 24.3 Å². The van der Waals surface area contributed by atoms with Crippen LogP contribution in [0.3, 0.4) is 0 Å². The van der Waals surface area contributed by atoms with Crippen molar-refractivity contribution < 1.29 is 9.72 Å². The van der Waals surface area contributed by atoms with Crippen molar-refractivity contribution in [3.63, 3.8) is 0 Å². The van der Waals surface area contributed by atoms with E-state index in [0.29, 0.717) is 21.8 Å². The molecule has 0 spiro atoms. The molecule has 0 fully saturated rings. The summed E-state index contributed by atoms with van der Waals surface area (Å²) in [6, 6.07) is 12.6. The van der Waals surface area contributed by atoms with Crippen molar-refractivity contribution in [2.75, 3.05) is 5.32 Å². The lowest BCUT2D eigenvalue weighted by Gasteiger charge is -2.04. The van der Waals surface area contributed by atoms with E-state index in [9.17, 15) is 14.9 Å². The van der Waals surface area contributed by atoms with Gasteiger partial charge in [0, 0.05) is 28.3 Å². The molecule has 1 heterocycles. The summed E-state index contributed by atoms with van der Waals surface area (Å²) < 4.78 is 0. The fraction of sp³-hybridized carbons (Fsp3) is 0.158. The highest BCUT2D eigenvalue weighted by Gasteiger charge is 2.14. The summed E-state index contributed by atoms with van der Waals surface area (Å²) in [5, 5.41) is 16.4. The van der Waals surface area contributed by atoms with E-state index in [1.54, 1.807) is 19.1 Å². The van der Waals surface area contributed by atoms with Gasteiger partial charge in [0.1, 0.15) is 5.01 Å². The van der Waals surface area contributed by atoms with E-state index in [1.165, 1.54) is 17.4 Å². The Bertz CT molecular complexity index is 982. The topological polar surface area (TPSA) is 85.1 Å². The maximum absolute atomic E-state index is 12.2. The van der Waals surface area contributed by atoms with E-state index >= 15 is 0 Å². The molecule has 0 bridgehead atoms. The van der Waals surface area contributed by atoms with Gasteiger partial charge in [-0.05, 0) is 31.5 Å². The van der Waals surface area contributed by atoms with Crippen LogP contribution in [0.25, 0.3) is 11.3 Å². The molecule has 0 saturated heterocycles. The highest BCUT2D eigenvalue weighted by molar-refractivity contribution is 7.10. The first kappa shape index (κ1) is 17.8. The normalized spacial score (nSPS) is 10.5. The molecule has 0 aliphatic carbocycles. The van der Waals surface area contributed by atoms with Gasteiger partial charge < -0.3 is 5.32 Å². The van der Waals surface area contributed by atoms with Crippen molar-refractivity contribution in [3.8, 4) is 11.3 Å². The molecule has 0 aliphatic heterocycles. The zero-order valence-corrected chi connectivity index (χ0v) is 15.2. The SMILES string of the molecule is Cc1cccc(NC(=O)Cc2nc(-c3ccc(C)c([N+](=O)[O-])c3)cs2)c1. The third-order valence-corrected chi connectivity index (χ3v) is 4.72. The second-order valence-corrected chi connectivity index (χ2v) is 6.92. The lowest BCUT2D eigenvalue weighted by Crippen LogP contribution is -2.14. The fourth-order valence-electron chi connectivity index (χ4n) is 2.56. The number of hydrogen-bond donors (Lipinski definition) is 1. The van der Waals surface area contributed by atoms with Crippen LogP contribution >= 0.6 is 11.3 Å². The summed E-state index contributed by atoms with van der Waals surface area (Å²) in [4.78, 5) is 27.3. The number of nitrogens with one attached hydrogen (secondary N) is 1. The summed E-state index contributed by atoms with van der Waals surface area (Å²) in [6.45, 7) is 3.66. The number of amides is 1. The number of aromatic nitrogens is 1. The Kier molecular flexibility index (Phi) is 5.09. The number of nitrogens with zero attached hydrogens (tertiary/aromatic N) is 2. The van der Waals surface area contributed by atoms with Crippen molar-refractivity contribution in [2.45, 2.75) is 20.3 Å². The van der Waals surface area contributed by atoms with Crippen LogP contribution in [0.5, 0.6) is 0 Å². The standard InChI is InChI=1S/C19H17N3O3S/c1-12-4-3-5-15(8-12)20-18(23)10-19-21-16(11-26-19)14-7-6-13(2)17(9-14)22(24)25/h3-9,11H,10H2,1-2H3,(H,20,23). The number of carbonyl (C=O) groups excluding carboxylic acids is 1. The Balaban J connectivity index is 1.73. The number of anilines is 1. The summed E-state index contributed by atoms with van der Waals surface area (Å²) in [7, 11) is 0. The molecule has 7 heteroatoms. The number of thiazole rings is 1. The first-order chi connectivity index (χ1) is 12.4. The number of hydrogen-bond acceptors (Lipinski definition) is 5. The highest BCUT2D eigenvalue weighted by atomic mass is 32.1. The second-order valence-electron chi connectivity index (χ2n) is 5.98. The monoisotopic (exact) mass is 367 g/mol. The van der Waals surface area contributed by atoms with Crippen LogP contribution in [0, 0.1) is 24.0 Å². The first-order valence-electron chi connectivity index (χ1n) is 7.99. The van der Waals surface area contributed by atoms with Gasteiger partial charge in [0.05, 0.1) is 17.0 Å². The summed E-state index contributed by atoms with van der Waals surface area (Å²) >= 11 is 1.36. The number of aryl methyl sites for hydroxylation is 2. The van der Waals surface area contributed by atoms with Gasteiger partial charge in [-0.2, -0.15) is 0 Å². The smallest absolute Gasteiger partial charge is 0.272 e. The molecular formula is C19H17N3O3S. The molecule has 1 amide bonds. The van der Waals surface area contributed by atoms with Crippen LogP contribution in [0.2, 0.25) is 0 Å². The van der Waals surface area contributed by atoms with Crippen molar-refractivity contribution in [1.29, 1.82) is 0 Å². The third-order valence-electron chi connectivity index (χ3n) is 3.87.